The van der Waals surface area contributed by atoms with Crippen LogP contribution in [0.25, 0.3) is 22.0 Å². The number of nitrogens with one attached hydrogen (secondary N) is 1. The third-order valence-corrected chi connectivity index (χ3v) is 9.85. The van der Waals surface area contributed by atoms with E-state index >= 15 is 0 Å². The lowest BCUT2D eigenvalue weighted by Crippen LogP contribution is -2.12. The summed E-state index contributed by atoms with van der Waals surface area (Å²) in [5.74, 6) is 1.93. The van der Waals surface area contributed by atoms with Crippen LogP contribution in [0.4, 0.5) is 0 Å². The van der Waals surface area contributed by atoms with Gasteiger partial charge in [0.15, 0.2) is 0 Å². The molecular formula is C32H36ClN5O4S2. The quantitative estimate of drug-likeness (QED) is 0.0979. The fraction of sp³-hybridized carbons (Fsp3) is 0.344. The van der Waals surface area contributed by atoms with E-state index in [0.717, 1.165) is 66.6 Å². The van der Waals surface area contributed by atoms with E-state index in [1.54, 1.807) is 35.7 Å². The highest BCUT2D eigenvalue weighted by molar-refractivity contribution is 7.98. The largest absolute Gasteiger partial charge is 0.508 e. The molecule has 5 rings (SSSR count). The van der Waals surface area contributed by atoms with Crippen LogP contribution in [0.1, 0.15) is 50.8 Å². The molecule has 0 unspecified atom stereocenters. The summed E-state index contributed by atoms with van der Waals surface area (Å²) in [4.78, 5) is 13.9. The molecule has 3 N–H and O–H groups in total. The van der Waals surface area contributed by atoms with E-state index in [1.807, 2.05) is 49.2 Å². The first kappa shape index (κ1) is 32.0. The van der Waals surface area contributed by atoms with E-state index in [2.05, 4.69) is 22.3 Å². The number of aliphatic hydroxyl groups is 1. The average molecular weight is 654 g/mol. The smallest absolute Gasteiger partial charge is 0.354 e. The lowest BCUT2D eigenvalue weighted by molar-refractivity contribution is 0.0587. The summed E-state index contributed by atoms with van der Waals surface area (Å²) in [5.41, 5.74) is 8.71. The summed E-state index contributed by atoms with van der Waals surface area (Å²) in [6.45, 7) is 6.33. The Labute approximate surface area is 270 Å². The second-order valence-electron chi connectivity index (χ2n) is 10.7. The van der Waals surface area contributed by atoms with Crippen molar-refractivity contribution < 1.29 is 19.7 Å². The fourth-order valence-electron chi connectivity index (χ4n) is 5.59. The Bertz CT molecular complexity index is 1810. The molecule has 9 nitrogen and oxygen atoms in total. The van der Waals surface area contributed by atoms with Gasteiger partial charge in [-0.1, -0.05) is 11.6 Å². The zero-order chi connectivity index (χ0) is 31.5. The van der Waals surface area contributed by atoms with Crippen LogP contribution in [0.2, 0.25) is 5.02 Å². The van der Waals surface area contributed by atoms with Crippen LogP contribution < -0.4 is 0 Å². The van der Waals surface area contributed by atoms with Gasteiger partial charge < -0.3 is 19.5 Å². The number of aromatic nitrogens is 5. The maximum absolute atomic E-state index is 12.9. The van der Waals surface area contributed by atoms with Crippen LogP contribution in [-0.2, 0) is 35.6 Å². The van der Waals surface area contributed by atoms with Gasteiger partial charge in [0.1, 0.15) is 11.4 Å². The number of halogens is 1. The number of methoxy groups -OCH3 is 1. The van der Waals surface area contributed by atoms with E-state index < -0.39 is 5.97 Å². The number of aromatic amines is 1. The first-order valence-electron chi connectivity index (χ1n) is 14.2. The van der Waals surface area contributed by atoms with E-state index in [1.165, 1.54) is 7.11 Å². The first-order chi connectivity index (χ1) is 21.1. The number of phenolic OH excluding ortho intramolecular Hbond substituents is 1. The Balaban J connectivity index is 1.38. The molecule has 0 saturated heterocycles. The molecule has 0 amide bonds. The van der Waals surface area contributed by atoms with E-state index in [-0.39, 0.29) is 12.4 Å². The van der Waals surface area contributed by atoms with E-state index in [0.29, 0.717) is 35.2 Å². The Morgan fingerprint density at radius 2 is 1.89 bits per heavy atom. The molecule has 0 aliphatic heterocycles. The van der Waals surface area contributed by atoms with Gasteiger partial charge in [0.25, 0.3) is 0 Å². The second kappa shape index (κ2) is 13.7. The molecule has 0 aliphatic rings. The van der Waals surface area contributed by atoms with Gasteiger partial charge in [-0.05, 0) is 74.7 Å². The normalized spacial score (nSPS) is 11.5. The topological polar surface area (TPSA) is 118 Å². The van der Waals surface area contributed by atoms with Crippen LogP contribution in [0.3, 0.4) is 0 Å². The van der Waals surface area contributed by atoms with Gasteiger partial charge >= 0.3 is 5.97 Å². The highest BCUT2D eigenvalue weighted by Crippen LogP contribution is 2.42. The summed E-state index contributed by atoms with van der Waals surface area (Å²) >= 11 is 10.3. The molecular weight excluding hydrogens is 618 g/mol. The van der Waals surface area contributed by atoms with Gasteiger partial charge in [-0.3, -0.25) is 9.78 Å². The molecule has 0 atom stereocenters. The number of carbonyl (C=O) groups is 1. The minimum Gasteiger partial charge on any atom is -0.508 e. The number of benzene rings is 2. The molecule has 5 aromatic rings. The third kappa shape index (κ3) is 6.51. The number of ether oxygens (including phenoxy) is 1. The Hall–Kier alpha value is -3.38. The summed E-state index contributed by atoms with van der Waals surface area (Å²) in [6.07, 6.45) is 0.501. The highest BCUT2D eigenvalue weighted by Gasteiger charge is 2.26. The number of hydrogen-bond acceptors (Lipinski definition) is 8. The molecule has 3 aromatic heterocycles. The number of rotatable bonds is 12. The monoisotopic (exact) mass is 653 g/mol. The van der Waals surface area contributed by atoms with Crippen molar-refractivity contribution in [2.45, 2.75) is 55.9 Å². The number of nitrogens with zero attached hydrogens (tertiary/aromatic N) is 4. The van der Waals surface area contributed by atoms with Gasteiger partial charge in [0, 0.05) is 80.8 Å². The number of aryl methyl sites for hydroxylation is 5. The minimum absolute atomic E-state index is 0.00979. The Kier molecular flexibility index (Phi) is 9.99. The predicted octanol–water partition coefficient (Wildman–Crippen LogP) is 6.94. The Morgan fingerprint density at radius 1 is 1.09 bits per heavy atom. The van der Waals surface area contributed by atoms with E-state index in [4.69, 9.17) is 21.4 Å². The van der Waals surface area contributed by atoms with Crippen molar-refractivity contribution in [1.82, 2.24) is 24.5 Å². The Morgan fingerprint density at radius 3 is 2.61 bits per heavy atom. The number of aromatic hydroxyl groups is 1. The van der Waals surface area contributed by atoms with Crippen molar-refractivity contribution in [3.8, 4) is 16.9 Å². The van der Waals surface area contributed by atoms with Crippen molar-refractivity contribution in [1.29, 1.82) is 0 Å². The van der Waals surface area contributed by atoms with Crippen LogP contribution in [0, 0.1) is 20.8 Å². The van der Waals surface area contributed by atoms with Crippen LogP contribution in [-0.4, -0.2) is 54.4 Å². The van der Waals surface area contributed by atoms with Crippen LogP contribution in [0.15, 0.2) is 41.3 Å². The van der Waals surface area contributed by atoms with Gasteiger partial charge in [-0.25, -0.2) is 4.79 Å². The molecule has 0 aliphatic carbocycles. The van der Waals surface area contributed by atoms with E-state index in [9.17, 15) is 15.0 Å². The molecule has 0 radical (unpaired) electrons. The molecule has 232 valence electrons. The lowest BCUT2D eigenvalue weighted by Gasteiger charge is -2.11. The number of thioether (sulfide) groups is 2. The fourth-order valence-corrected chi connectivity index (χ4v) is 7.76. The molecule has 2 aromatic carbocycles. The van der Waals surface area contributed by atoms with Gasteiger partial charge in [0.2, 0.25) is 0 Å². The number of esters is 1. The van der Waals surface area contributed by atoms with Crippen molar-refractivity contribution in [2.75, 3.05) is 13.7 Å². The molecule has 44 heavy (non-hydrogen) atoms. The third-order valence-electron chi connectivity index (χ3n) is 7.55. The number of fused-ring (bicyclic) bond motifs is 1. The van der Waals surface area contributed by atoms with Crippen molar-refractivity contribution in [3.63, 3.8) is 0 Å². The molecule has 0 bridgehead atoms. The number of aliphatic hydroxyl groups excluding tert-OH is 1. The first-order valence-corrected chi connectivity index (χ1v) is 16.7. The summed E-state index contributed by atoms with van der Waals surface area (Å²) in [6, 6.07) is 11.5. The van der Waals surface area contributed by atoms with Crippen molar-refractivity contribution in [2.24, 2.45) is 7.05 Å². The maximum Gasteiger partial charge on any atom is 0.354 e. The van der Waals surface area contributed by atoms with Gasteiger partial charge in [-0.15, -0.1) is 23.5 Å². The maximum atomic E-state index is 12.9. The summed E-state index contributed by atoms with van der Waals surface area (Å²) < 4.78 is 8.95. The van der Waals surface area contributed by atoms with Crippen LogP contribution >= 0.6 is 35.1 Å². The van der Waals surface area contributed by atoms with Crippen LogP contribution in [0.5, 0.6) is 5.75 Å². The SMILES string of the molecule is COC(=O)c1c(C)c2c(-c3c(CSCc4cc(CSc5cc(C)cc(O)c5)n(C)n4)n[nH]c3C)c(Cl)ccc2n1CCCO. The number of hydrogen-bond donors (Lipinski definition) is 3. The van der Waals surface area contributed by atoms with Crippen molar-refractivity contribution >= 4 is 52.0 Å². The summed E-state index contributed by atoms with van der Waals surface area (Å²) in [7, 11) is 3.33. The second-order valence-corrected chi connectivity index (χ2v) is 13.2. The number of phenols is 1. The number of carbonyl (C=O) groups excluding carboxylic acids is 1. The minimum atomic E-state index is -0.427. The molecule has 12 heteroatoms. The standard InChI is InChI=1S/C32H36ClN5O4S2/c1-18-11-23(40)14-24(12-18)44-16-22-13-21(36-37(22)4)15-43-17-26-29(20(3)34-35-26)30-25(33)7-8-27-28(30)19(2)31(32(41)42-5)38(27)9-6-10-39/h7-8,11-14,39-40H,6,9-10,15-17H2,1-5H3,(H,34,35). The molecule has 0 saturated carbocycles. The van der Waals surface area contributed by atoms with Gasteiger partial charge in [0.05, 0.1) is 18.5 Å². The molecule has 0 spiro atoms. The lowest BCUT2D eigenvalue weighted by atomic mass is 9.97. The zero-order valence-electron chi connectivity index (χ0n) is 25.4. The highest BCUT2D eigenvalue weighted by atomic mass is 35.5. The van der Waals surface area contributed by atoms with Crippen molar-refractivity contribution in [3.05, 3.63) is 81.0 Å². The predicted molar refractivity (Wildman–Crippen MR) is 178 cm³/mol. The molecule has 3 heterocycles. The van der Waals surface area contributed by atoms with Gasteiger partial charge in [-0.2, -0.15) is 10.2 Å². The molecule has 0 fully saturated rings. The average Bonchev–Trinajstić information content (AvgIpc) is 3.62. The number of H-pyrrole nitrogens is 1. The summed E-state index contributed by atoms with van der Waals surface area (Å²) in [5, 5.41) is 33.4. The zero-order valence-corrected chi connectivity index (χ0v) is 27.8.